The van der Waals surface area contributed by atoms with Gasteiger partial charge in [-0.05, 0) is 0 Å². The second-order valence-corrected chi connectivity index (χ2v) is 2.77. The minimum Gasteiger partial charge on any atom is -0.461 e. The Kier molecular flexibility index (Phi) is 1.04. The molecular formula is C6H8O4. The molecule has 0 aromatic rings. The number of carbonyl (C=O) groups is 1. The fourth-order valence-corrected chi connectivity index (χ4v) is 1.30. The highest BCUT2D eigenvalue weighted by Gasteiger charge is 2.50. The van der Waals surface area contributed by atoms with Crippen molar-refractivity contribution in [1.29, 1.82) is 0 Å². The molecule has 2 unspecified atom stereocenters. The first-order valence-corrected chi connectivity index (χ1v) is 3.22. The molecule has 2 heterocycles. The van der Waals surface area contributed by atoms with Crippen LogP contribution in [0.4, 0.5) is 0 Å². The Balaban J connectivity index is 2.25. The number of rotatable bonds is 0. The van der Waals surface area contributed by atoms with Gasteiger partial charge in [-0.25, -0.2) is 4.79 Å². The van der Waals surface area contributed by atoms with Crippen LogP contribution in [-0.4, -0.2) is 36.0 Å². The summed E-state index contributed by atoms with van der Waals surface area (Å²) in [5.74, 6) is -0.541. The van der Waals surface area contributed by atoms with Crippen LogP contribution in [0.15, 0.2) is 0 Å². The Bertz CT molecular complexity index is 179. The van der Waals surface area contributed by atoms with Crippen molar-refractivity contribution in [2.45, 2.75) is 18.1 Å². The summed E-state index contributed by atoms with van der Waals surface area (Å²) in [6.45, 7) is 0.387. The standard InChI is InChI=1S/C6H8O4/c7-5-6(8)1-4(2-9-5)10-3-6/h4,8H,1-3H2. The molecule has 0 radical (unpaired) electrons. The van der Waals surface area contributed by atoms with Gasteiger partial charge in [-0.15, -0.1) is 0 Å². The van der Waals surface area contributed by atoms with Crippen molar-refractivity contribution >= 4 is 5.97 Å². The van der Waals surface area contributed by atoms with Crippen LogP contribution in [0, 0.1) is 0 Å². The lowest BCUT2D eigenvalue weighted by Crippen LogP contribution is -2.44. The topological polar surface area (TPSA) is 55.8 Å². The molecule has 2 bridgehead atoms. The van der Waals surface area contributed by atoms with E-state index in [1.54, 1.807) is 0 Å². The third-order valence-electron chi connectivity index (χ3n) is 1.90. The zero-order valence-electron chi connectivity index (χ0n) is 5.37. The Labute approximate surface area is 57.7 Å². The molecule has 1 N–H and O–H groups in total. The maximum atomic E-state index is 10.8. The lowest BCUT2D eigenvalue weighted by Gasteiger charge is -2.22. The smallest absolute Gasteiger partial charge is 0.340 e. The van der Waals surface area contributed by atoms with E-state index in [-0.39, 0.29) is 12.7 Å². The summed E-state index contributed by atoms with van der Waals surface area (Å²) >= 11 is 0. The van der Waals surface area contributed by atoms with Crippen molar-refractivity contribution < 1.29 is 19.4 Å². The van der Waals surface area contributed by atoms with E-state index in [0.717, 1.165) is 0 Å². The van der Waals surface area contributed by atoms with Crippen molar-refractivity contribution in [2.75, 3.05) is 13.2 Å². The summed E-state index contributed by atoms with van der Waals surface area (Å²) in [6, 6.07) is 0. The van der Waals surface area contributed by atoms with Gasteiger partial charge in [0, 0.05) is 6.42 Å². The maximum absolute atomic E-state index is 10.8. The molecule has 0 saturated carbocycles. The molecule has 0 aromatic heterocycles. The SMILES string of the molecule is O=C1OCC2CC1(O)CO2. The van der Waals surface area contributed by atoms with Gasteiger partial charge in [0.25, 0.3) is 0 Å². The first kappa shape index (κ1) is 6.12. The van der Waals surface area contributed by atoms with Crippen molar-refractivity contribution in [2.24, 2.45) is 0 Å². The van der Waals surface area contributed by atoms with Crippen molar-refractivity contribution in [3.63, 3.8) is 0 Å². The highest BCUT2D eigenvalue weighted by Crippen LogP contribution is 2.29. The Morgan fingerprint density at radius 2 is 2.50 bits per heavy atom. The maximum Gasteiger partial charge on any atom is 0.340 e. The molecule has 2 saturated heterocycles. The molecule has 2 aliphatic rings. The normalized spacial score (nSPS) is 45.3. The molecule has 10 heavy (non-hydrogen) atoms. The average Bonchev–Trinajstić information content (AvgIpc) is 2.22. The van der Waals surface area contributed by atoms with Gasteiger partial charge in [0.2, 0.25) is 0 Å². The monoisotopic (exact) mass is 144 g/mol. The third-order valence-corrected chi connectivity index (χ3v) is 1.90. The van der Waals surface area contributed by atoms with E-state index in [4.69, 9.17) is 4.74 Å². The van der Waals surface area contributed by atoms with Gasteiger partial charge in [-0.1, -0.05) is 0 Å². The predicted octanol–water partition coefficient (Wildman–Crippen LogP) is -0.937. The van der Waals surface area contributed by atoms with Crippen LogP contribution >= 0.6 is 0 Å². The average molecular weight is 144 g/mol. The van der Waals surface area contributed by atoms with Gasteiger partial charge in [0.15, 0.2) is 5.60 Å². The summed E-state index contributed by atoms with van der Waals surface area (Å²) in [4.78, 5) is 10.8. The minimum absolute atomic E-state index is 0.0808. The van der Waals surface area contributed by atoms with Crippen LogP contribution in [-0.2, 0) is 14.3 Å². The lowest BCUT2D eigenvalue weighted by molar-refractivity contribution is -0.168. The first-order chi connectivity index (χ1) is 4.71. The second-order valence-electron chi connectivity index (χ2n) is 2.77. The number of ether oxygens (including phenoxy) is 2. The second kappa shape index (κ2) is 1.71. The van der Waals surface area contributed by atoms with Gasteiger partial charge >= 0.3 is 5.97 Å². The van der Waals surface area contributed by atoms with E-state index in [1.807, 2.05) is 0 Å². The number of esters is 1. The Morgan fingerprint density at radius 1 is 1.70 bits per heavy atom. The summed E-state index contributed by atoms with van der Waals surface area (Å²) in [5.41, 5.74) is -1.33. The molecule has 0 aromatic carbocycles. The van der Waals surface area contributed by atoms with Crippen LogP contribution in [0.5, 0.6) is 0 Å². The van der Waals surface area contributed by atoms with E-state index >= 15 is 0 Å². The van der Waals surface area contributed by atoms with E-state index in [0.29, 0.717) is 13.0 Å². The Morgan fingerprint density at radius 3 is 3.20 bits per heavy atom. The van der Waals surface area contributed by atoms with Crippen LogP contribution < -0.4 is 0 Å². The highest BCUT2D eigenvalue weighted by atomic mass is 16.6. The van der Waals surface area contributed by atoms with E-state index < -0.39 is 11.6 Å². The summed E-state index contributed by atoms with van der Waals surface area (Å²) < 4.78 is 9.71. The summed E-state index contributed by atoms with van der Waals surface area (Å²) in [5, 5.41) is 9.39. The molecule has 0 amide bonds. The first-order valence-electron chi connectivity index (χ1n) is 3.22. The molecule has 4 heteroatoms. The van der Waals surface area contributed by atoms with Gasteiger partial charge in [-0.2, -0.15) is 0 Å². The van der Waals surface area contributed by atoms with Crippen molar-refractivity contribution in [1.82, 2.24) is 0 Å². The third kappa shape index (κ3) is 0.660. The fraction of sp³-hybridized carbons (Fsp3) is 0.833. The number of fused-ring (bicyclic) bond motifs is 2. The van der Waals surface area contributed by atoms with Gasteiger partial charge in [0.1, 0.15) is 6.61 Å². The summed E-state index contributed by atoms with van der Waals surface area (Å²) in [6.07, 6.45) is 0.314. The van der Waals surface area contributed by atoms with E-state index in [9.17, 15) is 9.90 Å². The quantitative estimate of drug-likeness (QED) is 0.446. The number of aliphatic hydroxyl groups is 1. The number of carbonyl (C=O) groups excluding carboxylic acids is 1. The minimum atomic E-state index is -1.33. The van der Waals surface area contributed by atoms with Crippen LogP contribution in [0.1, 0.15) is 6.42 Å². The molecule has 2 rings (SSSR count). The van der Waals surface area contributed by atoms with Gasteiger partial charge in [0.05, 0.1) is 12.7 Å². The van der Waals surface area contributed by atoms with Crippen molar-refractivity contribution in [3.8, 4) is 0 Å². The molecule has 2 aliphatic heterocycles. The molecular weight excluding hydrogens is 136 g/mol. The lowest BCUT2D eigenvalue weighted by atomic mass is 9.99. The zero-order valence-corrected chi connectivity index (χ0v) is 5.37. The molecule has 0 aliphatic carbocycles. The number of hydrogen-bond donors (Lipinski definition) is 1. The molecule has 4 nitrogen and oxygen atoms in total. The van der Waals surface area contributed by atoms with E-state index in [2.05, 4.69) is 4.74 Å². The molecule has 56 valence electrons. The van der Waals surface area contributed by atoms with Crippen molar-refractivity contribution in [3.05, 3.63) is 0 Å². The van der Waals surface area contributed by atoms with Gasteiger partial charge < -0.3 is 14.6 Å². The van der Waals surface area contributed by atoms with Crippen LogP contribution in [0.2, 0.25) is 0 Å². The molecule has 2 atom stereocenters. The largest absolute Gasteiger partial charge is 0.461 e. The Hall–Kier alpha value is -0.610. The molecule has 0 spiro atoms. The van der Waals surface area contributed by atoms with Crippen LogP contribution in [0.25, 0.3) is 0 Å². The zero-order chi connectivity index (χ0) is 7.19. The number of hydrogen-bond acceptors (Lipinski definition) is 4. The van der Waals surface area contributed by atoms with Crippen LogP contribution in [0.3, 0.4) is 0 Å². The fourth-order valence-electron chi connectivity index (χ4n) is 1.30. The van der Waals surface area contributed by atoms with E-state index in [1.165, 1.54) is 0 Å². The molecule has 2 fully saturated rings. The number of cyclic esters (lactones) is 1. The summed E-state index contributed by atoms with van der Waals surface area (Å²) in [7, 11) is 0. The highest BCUT2D eigenvalue weighted by molar-refractivity contribution is 5.80. The predicted molar refractivity (Wildman–Crippen MR) is 30.3 cm³/mol. The van der Waals surface area contributed by atoms with Gasteiger partial charge in [-0.3, -0.25) is 0 Å².